The van der Waals surface area contributed by atoms with Crippen LogP contribution in [0, 0.1) is 5.41 Å². The van der Waals surface area contributed by atoms with Gasteiger partial charge in [-0.2, -0.15) is 5.10 Å². The largest absolute Gasteiger partial charge is 0.312 e. The molecule has 0 unspecified atom stereocenters. The zero-order valence-corrected chi connectivity index (χ0v) is 12.3. The quantitative estimate of drug-likeness (QED) is 0.867. The maximum absolute atomic E-state index is 4.43. The number of hydrogen-bond donors (Lipinski definition) is 1. The lowest BCUT2D eigenvalue weighted by Crippen LogP contribution is -2.39. The minimum absolute atomic E-state index is 0.0802. The standard InChI is InChI=1S/C15H27N3/c1-5-15(7-6-8-15)12-16-9-13-10-17-18(11-13)14(2,3)4/h10-11,16H,5-9,12H2,1-4H3. The van der Waals surface area contributed by atoms with Crippen molar-refractivity contribution in [2.24, 2.45) is 5.41 Å². The predicted octanol–water partition coefficient (Wildman–Crippen LogP) is 3.31. The topological polar surface area (TPSA) is 29.9 Å². The first kappa shape index (κ1) is 13.6. The fourth-order valence-electron chi connectivity index (χ4n) is 2.62. The van der Waals surface area contributed by atoms with E-state index < -0.39 is 0 Å². The van der Waals surface area contributed by atoms with Crippen molar-refractivity contribution in [1.82, 2.24) is 15.1 Å². The third-order valence-electron chi connectivity index (χ3n) is 4.32. The summed E-state index contributed by atoms with van der Waals surface area (Å²) in [6.45, 7) is 11.0. The molecule has 0 bridgehead atoms. The minimum Gasteiger partial charge on any atom is -0.312 e. The molecule has 1 aliphatic carbocycles. The summed E-state index contributed by atoms with van der Waals surface area (Å²) < 4.78 is 2.04. The molecule has 1 fully saturated rings. The molecule has 1 aromatic rings. The molecule has 18 heavy (non-hydrogen) atoms. The lowest BCUT2D eigenvalue weighted by Gasteiger charge is -2.41. The monoisotopic (exact) mass is 249 g/mol. The van der Waals surface area contributed by atoms with Crippen LogP contribution in [0.5, 0.6) is 0 Å². The lowest BCUT2D eigenvalue weighted by molar-refractivity contribution is 0.124. The van der Waals surface area contributed by atoms with E-state index in [-0.39, 0.29) is 5.54 Å². The minimum atomic E-state index is 0.0802. The molecule has 1 aliphatic rings. The van der Waals surface area contributed by atoms with Gasteiger partial charge in [0.1, 0.15) is 0 Å². The zero-order chi connectivity index (χ0) is 13.2. The number of aromatic nitrogens is 2. The Balaban J connectivity index is 1.82. The Hall–Kier alpha value is -0.830. The van der Waals surface area contributed by atoms with Gasteiger partial charge in [-0.05, 0) is 45.4 Å². The highest BCUT2D eigenvalue weighted by Gasteiger charge is 2.34. The second kappa shape index (κ2) is 5.04. The molecule has 3 nitrogen and oxygen atoms in total. The van der Waals surface area contributed by atoms with E-state index >= 15 is 0 Å². The predicted molar refractivity (Wildman–Crippen MR) is 75.5 cm³/mol. The number of nitrogens with one attached hydrogen (secondary N) is 1. The van der Waals surface area contributed by atoms with Crippen molar-refractivity contribution in [3.63, 3.8) is 0 Å². The van der Waals surface area contributed by atoms with Gasteiger partial charge in [-0.25, -0.2) is 0 Å². The molecule has 1 N–H and O–H groups in total. The molecule has 3 heteroatoms. The van der Waals surface area contributed by atoms with Crippen LogP contribution in [-0.2, 0) is 12.1 Å². The highest BCUT2D eigenvalue weighted by atomic mass is 15.3. The summed E-state index contributed by atoms with van der Waals surface area (Å²) in [5.41, 5.74) is 1.96. The average molecular weight is 249 g/mol. The Kier molecular flexibility index (Phi) is 3.81. The Morgan fingerprint density at radius 1 is 1.39 bits per heavy atom. The molecule has 0 saturated heterocycles. The molecular formula is C15H27N3. The third-order valence-corrected chi connectivity index (χ3v) is 4.32. The smallest absolute Gasteiger partial charge is 0.0543 e. The van der Waals surface area contributed by atoms with E-state index in [0.717, 1.165) is 13.1 Å². The van der Waals surface area contributed by atoms with Gasteiger partial charge in [0.2, 0.25) is 0 Å². The van der Waals surface area contributed by atoms with E-state index in [1.165, 1.54) is 31.2 Å². The number of hydrogen-bond acceptors (Lipinski definition) is 2. The van der Waals surface area contributed by atoms with E-state index in [9.17, 15) is 0 Å². The van der Waals surface area contributed by atoms with E-state index in [2.05, 4.69) is 44.3 Å². The molecule has 0 aromatic carbocycles. The fraction of sp³-hybridized carbons (Fsp3) is 0.800. The molecule has 0 amide bonds. The second-order valence-electron chi connectivity index (χ2n) is 6.77. The van der Waals surface area contributed by atoms with E-state index in [4.69, 9.17) is 0 Å². The highest BCUT2D eigenvalue weighted by Crippen LogP contribution is 2.43. The number of nitrogens with zero attached hydrogens (tertiary/aromatic N) is 2. The molecule has 1 heterocycles. The van der Waals surface area contributed by atoms with Crippen LogP contribution in [0.25, 0.3) is 0 Å². The van der Waals surface area contributed by atoms with Crippen LogP contribution in [0.3, 0.4) is 0 Å². The van der Waals surface area contributed by atoms with Crippen LogP contribution in [0.4, 0.5) is 0 Å². The van der Waals surface area contributed by atoms with Crippen molar-refractivity contribution >= 4 is 0 Å². The van der Waals surface area contributed by atoms with Crippen LogP contribution in [-0.4, -0.2) is 16.3 Å². The molecule has 0 radical (unpaired) electrons. The summed E-state index contributed by atoms with van der Waals surface area (Å²) in [6, 6.07) is 0. The van der Waals surface area contributed by atoms with E-state index in [0.29, 0.717) is 5.41 Å². The number of rotatable bonds is 5. The van der Waals surface area contributed by atoms with Gasteiger partial charge in [-0.3, -0.25) is 4.68 Å². The summed E-state index contributed by atoms with van der Waals surface area (Å²) in [6.07, 6.45) is 9.66. The van der Waals surface area contributed by atoms with Crippen molar-refractivity contribution in [1.29, 1.82) is 0 Å². The summed E-state index contributed by atoms with van der Waals surface area (Å²) in [5.74, 6) is 0. The first-order valence-electron chi connectivity index (χ1n) is 7.20. The Bertz CT molecular complexity index is 377. The van der Waals surface area contributed by atoms with E-state index in [1.54, 1.807) is 0 Å². The molecular weight excluding hydrogens is 222 g/mol. The summed E-state index contributed by atoms with van der Waals surface area (Å²) in [5, 5.41) is 8.04. The maximum Gasteiger partial charge on any atom is 0.0543 e. The van der Waals surface area contributed by atoms with Gasteiger partial charge < -0.3 is 5.32 Å². The Morgan fingerprint density at radius 2 is 2.11 bits per heavy atom. The van der Waals surface area contributed by atoms with Gasteiger partial charge in [-0.15, -0.1) is 0 Å². The summed E-state index contributed by atoms with van der Waals surface area (Å²) in [7, 11) is 0. The molecule has 1 saturated carbocycles. The zero-order valence-electron chi connectivity index (χ0n) is 12.3. The maximum atomic E-state index is 4.43. The van der Waals surface area contributed by atoms with Crippen molar-refractivity contribution in [2.75, 3.05) is 6.54 Å². The third kappa shape index (κ3) is 2.94. The van der Waals surface area contributed by atoms with Crippen LogP contribution in [0.2, 0.25) is 0 Å². The summed E-state index contributed by atoms with van der Waals surface area (Å²) >= 11 is 0. The van der Waals surface area contributed by atoms with Crippen molar-refractivity contribution in [3.8, 4) is 0 Å². The van der Waals surface area contributed by atoms with Gasteiger partial charge in [0.05, 0.1) is 11.7 Å². The second-order valence-corrected chi connectivity index (χ2v) is 6.77. The van der Waals surface area contributed by atoms with Crippen LogP contribution >= 0.6 is 0 Å². The van der Waals surface area contributed by atoms with Crippen LogP contribution < -0.4 is 5.32 Å². The Labute approximate surface area is 111 Å². The first-order valence-corrected chi connectivity index (χ1v) is 7.20. The lowest BCUT2D eigenvalue weighted by atomic mass is 9.67. The normalized spacial score (nSPS) is 18.7. The van der Waals surface area contributed by atoms with Gasteiger partial charge in [-0.1, -0.05) is 13.3 Å². The SMILES string of the molecule is CCC1(CNCc2cnn(C(C)(C)C)c2)CCC1. The van der Waals surface area contributed by atoms with Crippen molar-refractivity contribution in [2.45, 2.75) is 65.5 Å². The molecule has 0 spiro atoms. The first-order chi connectivity index (χ1) is 8.45. The van der Waals surface area contributed by atoms with Gasteiger partial charge >= 0.3 is 0 Å². The molecule has 1 aromatic heterocycles. The Morgan fingerprint density at radius 3 is 2.56 bits per heavy atom. The van der Waals surface area contributed by atoms with Gasteiger partial charge in [0, 0.05) is 24.8 Å². The van der Waals surface area contributed by atoms with Crippen LogP contribution in [0.15, 0.2) is 12.4 Å². The molecule has 102 valence electrons. The van der Waals surface area contributed by atoms with Crippen molar-refractivity contribution in [3.05, 3.63) is 18.0 Å². The molecule has 2 rings (SSSR count). The molecule has 0 atom stereocenters. The van der Waals surface area contributed by atoms with Crippen LogP contribution in [0.1, 0.15) is 58.9 Å². The fourth-order valence-corrected chi connectivity index (χ4v) is 2.62. The van der Waals surface area contributed by atoms with Gasteiger partial charge in [0.25, 0.3) is 0 Å². The summed E-state index contributed by atoms with van der Waals surface area (Å²) in [4.78, 5) is 0. The highest BCUT2D eigenvalue weighted by molar-refractivity contribution is 5.05. The molecule has 0 aliphatic heterocycles. The average Bonchev–Trinajstić information content (AvgIpc) is 2.70. The van der Waals surface area contributed by atoms with E-state index in [1.807, 2.05) is 10.9 Å². The van der Waals surface area contributed by atoms with Crippen molar-refractivity contribution < 1.29 is 0 Å². The van der Waals surface area contributed by atoms with Gasteiger partial charge in [0.15, 0.2) is 0 Å².